The van der Waals surface area contributed by atoms with Crippen molar-refractivity contribution in [1.82, 2.24) is 0 Å². The standard InChI is InChI=1S/C26H27N3O7S/c1-4-35-24(30)21-15(3)28-20(14-37-26(32)16-9-11-18(27)12-10-16)23(25(31)36-5-2)22(21)17-7-6-8-19(13-17)29(33)34/h6-13,21-22H,4-5,14,27H2,1-3H3. The maximum absolute atomic E-state index is 13.3. The maximum atomic E-state index is 13.3. The van der Waals surface area contributed by atoms with Crippen molar-refractivity contribution in [3.05, 3.63) is 81.0 Å². The Hall–Kier alpha value is -3.99. The number of hydrogen-bond donors (Lipinski definition) is 1. The summed E-state index contributed by atoms with van der Waals surface area (Å²) in [5.74, 6) is -3.30. The molecule has 194 valence electrons. The van der Waals surface area contributed by atoms with Crippen LogP contribution in [-0.2, 0) is 19.1 Å². The fraction of sp³-hybridized carbons (Fsp3) is 0.308. The molecule has 0 saturated heterocycles. The van der Waals surface area contributed by atoms with E-state index < -0.39 is 28.7 Å². The highest BCUT2D eigenvalue weighted by Crippen LogP contribution is 2.42. The molecule has 0 amide bonds. The molecule has 37 heavy (non-hydrogen) atoms. The van der Waals surface area contributed by atoms with Gasteiger partial charge in [-0.25, -0.2) is 4.79 Å². The number of aliphatic imine (C=N–C) groups is 1. The predicted octanol–water partition coefficient (Wildman–Crippen LogP) is 4.31. The lowest BCUT2D eigenvalue weighted by molar-refractivity contribution is -0.384. The molecule has 0 saturated carbocycles. The van der Waals surface area contributed by atoms with Crippen molar-refractivity contribution in [3.8, 4) is 0 Å². The van der Waals surface area contributed by atoms with Crippen molar-refractivity contribution < 1.29 is 28.8 Å². The van der Waals surface area contributed by atoms with Crippen molar-refractivity contribution in [2.24, 2.45) is 10.9 Å². The summed E-state index contributed by atoms with van der Waals surface area (Å²) in [6.45, 7) is 5.08. The number of benzene rings is 2. The molecule has 2 N–H and O–H groups in total. The molecule has 0 bridgehead atoms. The second-order valence-corrected chi connectivity index (χ2v) is 9.04. The van der Waals surface area contributed by atoms with E-state index in [0.29, 0.717) is 22.5 Å². The molecule has 2 unspecified atom stereocenters. The summed E-state index contributed by atoms with van der Waals surface area (Å²) in [5, 5.41) is 11.2. The molecule has 2 aromatic carbocycles. The molecule has 10 nitrogen and oxygen atoms in total. The first-order valence-electron chi connectivity index (χ1n) is 11.6. The topological polar surface area (TPSA) is 151 Å². The molecule has 2 aromatic rings. The minimum atomic E-state index is -1.01. The summed E-state index contributed by atoms with van der Waals surface area (Å²) in [7, 11) is 0. The Bertz CT molecular complexity index is 1270. The second kappa shape index (κ2) is 12.3. The van der Waals surface area contributed by atoms with Gasteiger partial charge in [0, 0.05) is 40.8 Å². The number of nitrogen functional groups attached to an aromatic ring is 1. The monoisotopic (exact) mass is 525 g/mol. The number of non-ortho nitro benzene ring substituents is 1. The zero-order chi connectivity index (χ0) is 27.1. The van der Waals surface area contributed by atoms with Crippen LogP contribution in [-0.4, -0.2) is 46.7 Å². The molecule has 0 fully saturated rings. The number of ether oxygens (including phenoxy) is 2. The van der Waals surface area contributed by atoms with Gasteiger partial charge in [0.05, 0.1) is 29.4 Å². The molecule has 2 atom stereocenters. The van der Waals surface area contributed by atoms with E-state index in [-0.39, 0.29) is 41.0 Å². The van der Waals surface area contributed by atoms with E-state index >= 15 is 0 Å². The maximum Gasteiger partial charge on any atom is 0.336 e. The van der Waals surface area contributed by atoms with Gasteiger partial charge in [0.15, 0.2) is 0 Å². The van der Waals surface area contributed by atoms with Crippen LogP contribution in [0, 0.1) is 16.0 Å². The molecular weight excluding hydrogens is 498 g/mol. The van der Waals surface area contributed by atoms with Crippen LogP contribution in [0.15, 0.2) is 64.8 Å². The number of anilines is 1. The van der Waals surface area contributed by atoms with E-state index in [1.165, 1.54) is 18.2 Å². The third-order valence-corrected chi connectivity index (χ3v) is 6.59. The Morgan fingerprint density at radius 2 is 1.76 bits per heavy atom. The number of nitro benzene ring substituents is 1. The fourth-order valence-electron chi connectivity index (χ4n) is 4.06. The van der Waals surface area contributed by atoms with Gasteiger partial charge < -0.3 is 15.2 Å². The summed E-state index contributed by atoms with van der Waals surface area (Å²) < 4.78 is 10.6. The van der Waals surface area contributed by atoms with E-state index in [2.05, 4.69) is 4.99 Å². The van der Waals surface area contributed by atoms with Crippen molar-refractivity contribution in [2.75, 3.05) is 24.7 Å². The first-order chi connectivity index (χ1) is 17.7. The first-order valence-corrected chi connectivity index (χ1v) is 12.5. The van der Waals surface area contributed by atoms with Gasteiger partial charge in [0.2, 0.25) is 5.12 Å². The predicted molar refractivity (Wildman–Crippen MR) is 140 cm³/mol. The highest BCUT2D eigenvalue weighted by atomic mass is 32.2. The molecule has 1 aliphatic rings. The van der Waals surface area contributed by atoms with Gasteiger partial charge in [-0.3, -0.25) is 24.7 Å². The number of esters is 2. The van der Waals surface area contributed by atoms with Gasteiger partial charge in [0.1, 0.15) is 5.92 Å². The lowest BCUT2D eigenvalue weighted by Gasteiger charge is -2.32. The average molecular weight is 526 g/mol. The minimum Gasteiger partial charge on any atom is -0.465 e. The van der Waals surface area contributed by atoms with E-state index in [9.17, 15) is 24.5 Å². The molecule has 1 aliphatic heterocycles. The zero-order valence-corrected chi connectivity index (χ0v) is 21.4. The molecule has 11 heteroatoms. The summed E-state index contributed by atoms with van der Waals surface area (Å²) in [6.07, 6.45) is 0. The van der Waals surface area contributed by atoms with Gasteiger partial charge in [-0.2, -0.15) is 0 Å². The van der Waals surface area contributed by atoms with Crippen LogP contribution >= 0.6 is 11.8 Å². The van der Waals surface area contributed by atoms with Crippen molar-refractivity contribution in [3.63, 3.8) is 0 Å². The quantitative estimate of drug-likeness (QED) is 0.218. The number of nitro groups is 1. The Balaban J connectivity index is 2.12. The van der Waals surface area contributed by atoms with Gasteiger partial charge in [-0.15, -0.1) is 0 Å². The fourth-order valence-corrected chi connectivity index (χ4v) is 4.85. The van der Waals surface area contributed by atoms with Crippen LogP contribution in [0.1, 0.15) is 42.6 Å². The lowest BCUT2D eigenvalue weighted by atomic mass is 9.75. The summed E-state index contributed by atoms with van der Waals surface area (Å²) in [5.41, 5.74) is 7.47. The molecular formula is C26H27N3O7S. The van der Waals surface area contributed by atoms with Crippen LogP contribution in [0.4, 0.5) is 11.4 Å². The second-order valence-electron chi connectivity index (χ2n) is 8.09. The zero-order valence-electron chi connectivity index (χ0n) is 20.6. The highest BCUT2D eigenvalue weighted by Gasteiger charge is 2.43. The summed E-state index contributed by atoms with van der Waals surface area (Å²) in [4.78, 5) is 54.5. The lowest BCUT2D eigenvalue weighted by Crippen LogP contribution is -2.37. The summed E-state index contributed by atoms with van der Waals surface area (Å²) >= 11 is 0.931. The van der Waals surface area contributed by atoms with Crippen molar-refractivity contribution >= 4 is 45.9 Å². The van der Waals surface area contributed by atoms with Crippen LogP contribution in [0.25, 0.3) is 0 Å². The van der Waals surface area contributed by atoms with Gasteiger partial charge in [0.25, 0.3) is 5.69 Å². The van der Waals surface area contributed by atoms with Gasteiger partial charge >= 0.3 is 11.9 Å². The molecule has 1 heterocycles. The first kappa shape index (κ1) is 27.6. The number of thioether (sulfide) groups is 1. The average Bonchev–Trinajstić information content (AvgIpc) is 2.87. The third kappa shape index (κ3) is 6.42. The van der Waals surface area contributed by atoms with Crippen molar-refractivity contribution in [1.29, 1.82) is 0 Å². The Kier molecular flexibility index (Phi) is 9.18. The number of hydrogen-bond acceptors (Lipinski definition) is 10. The van der Waals surface area contributed by atoms with Crippen LogP contribution in [0.2, 0.25) is 0 Å². The Morgan fingerprint density at radius 3 is 2.38 bits per heavy atom. The van der Waals surface area contributed by atoms with Crippen LogP contribution < -0.4 is 5.73 Å². The van der Waals surface area contributed by atoms with E-state index in [1.54, 1.807) is 51.1 Å². The number of carbonyl (C=O) groups is 3. The van der Waals surface area contributed by atoms with E-state index in [4.69, 9.17) is 15.2 Å². The van der Waals surface area contributed by atoms with Crippen LogP contribution in [0.3, 0.4) is 0 Å². The molecule has 0 radical (unpaired) electrons. The Morgan fingerprint density at radius 1 is 1.08 bits per heavy atom. The normalized spacial score (nSPS) is 17.1. The molecule has 3 rings (SSSR count). The van der Waals surface area contributed by atoms with E-state index in [0.717, 1.165) is 11.8 Å². The number of rotatable bonds is 9. The number of nitrogens with zero attached hydrogens (tertiary/aromatic N) is 2. The summed E-state index contributed by atoms with van der Waals surface area (Å²) in [6, 6.07) is 12.2. The number of nitrogens with two attached hydrogens (primary N) is 1. The smallest absolute Gasteiger partial charge is 0.336 e. The molecule has 0 spiro atoms. The Labute approximate surface area is 218 Å². The minimum absolute atomic E-state index is 0.00959. The molecule has 0 aromatic heterocycles. The molecule has 0 aliphatic carbocycles. The highest BCUT2D eigenvalue weighted by molar-refractivity contribution is 8.14. The SMILES string of the molecule is CCOC(=O)C1=C(CSC(=O)c2ccc(N)cc2)N=C(C)C(C(=O)OCC)C1c1cccc([N+](=O)[O-])c1. The van der Waals surface area contributed by atoms with Gasteiger partial charge in [-0.1, -0.05) is 23.9 Å². The van der Waals surface area contributed by atoms with Crippen LogP contribution in [0.5, 0.6) is 0 Å². The largest absolute Gasteiger partial charge is 0.465 e. The third-order valence-electron chi connectivity index (χ3n) is 5.68. The van der Waals surface area contributed by atoms with E-state index in [1.807, 2.05) is 0 Å². The van der Waals surface area contributed by atoms with Gasteiger partial charge in [-0.05, 0) is 50.6 Å². The van der Waals surface area contributed by atoms with Crippen molar-refractivity contribution in [2.45, 2.75) is 26.7 Å². The number of carbonyl (C=O) groups excluding carboxylic acids is 3.